The lowest BCUT2D eigenvalue weighted by Gasteiger charge is -2.02. The molecule has 106 valence electrons. The van der Waals surface area contributed by atoms with Crippen molar-refractivity contribution in [3.8, 4) is 10.6 Å². The number of aromatic nitrogens is 2. The summed E-state index contributed by atoms with van der Waals surface area (Å²) in [4.78, 5) is 12.3. The Bertz CT molecular complexity index is 791. The number of nitrogens with zero attached hydrogens (tertiary/aromatic N) is 2. The number of thiophene rings is 1. The third-order valence-corrected chi connectivity index (χ3v) is 5.02. The van der Waals surface area contributed by atoms with Gasteiger partial charge in [-0.1, -0.05) is 29.8 Å². The molecule has 2 heterocycles. The molecule has 0 fully saturated rings. The molecule has 0 saturated heterocycles. The van der Waals surface area contributed by atoms with Gasteiger partial charge in [0.1, 0.15) is 5.69 Å². The van der Waals surface area contributed by atoms with Crippen LogP contribution in [-0.2, 0) is 6.54 Å². The number of carbonyl (C=O) groups is 1. The van der Waals surface area contributed by atoms with Crippen LogP contribution >= 0.6 is 27.3 Å². The van der Waals surface area contributed by atoms with Gasteiger partial charge in [-0.25, -0.2) is 0 Å². The molecule has 21 heavy (non-hydrogen) atoms. The summed E-state index contributed by atoms with van der Waals surface area (Å²) in [7, 11) is 0. The summed E-state index contributed by atoms with van der Waals surface area (Å²) >= 11 is 5.07. The summed E-state index contributed by atoms with van der Waals surface area (Å²) in [6.45, 7) is 2.73. The Balaban J connectivity index is 1.96. The highest BCUT2D eigenvalue weighted by Gasteiger charge is 2.14. The lowest BCUT2D eigenvalue weighted by Crippen LogP contribution is -2.00. The van der Waals surface area contributed by atoms with E-state index in [9.17, 15) is 4.79 Å². The zero-order valence-corrected chi connectivity index (χ0v) is 13.8. The Morgan fingerprint density at radius 3 is 2.90 bits per heavy atom. The first-order valence-corrected chi connectivity index (χ1v) is 8.16. The van der Waals surface area contributed by atoms with Gasteiger partial charge >= 0.3 is 0 Å². The maximum Gasteiger partial charge on any atom is 0.153 e. The maximum atomic E-state index is 11.3. The first-order chi connectivity index (χ1) is 10.2. The number of rotatable bonds is 4. The third-order valence-electron chi connectivity index (χ3n) is 3.18. The molecular formula is C16H13BrN2OS. The van der Waals surface area contributed by atoms with Crippen LogP contribution in [0.2, 0.25) is 0 Å². The van der Waals surface area contributed by atoms with E-state index in [-0.39, 0.29) is 0 Å². The van der Waals surface area contributed by atoms with Crippen LogP contribution in [0.5, 0.6) is 0 Å². The topological polar surface area (TPSA) is 34.9 Å². The van der Waals surface area contributed by atoms with Crippen LogP contribution in [0.4, 0.5) is 0 Å². The Morgan fingerprint density at radius 2 is 2.24 bits per heavy atom. The van der Waals surface area contributed by atoms with Crippen LogP contribution in [0.1, 0.15) is 21.5 Å². The lowest BCUT2D eigenvalue weighted by atomic mass is 10.1. The molecule has 1 aromatic carbocycles. The van der Waals surface area contributed by atoms with Gasteiger partial charge in [-0.2, -0.15) is 5.10 Å². The smallest absolute Gasteiger partial charge is 0.153 e. The molecule has 0 atom stereocenters. The molecule has 5 heteroatoms. The SMILES string of the molecule is Cc1cccc(Cn2cc(C=O)c(-c3sccc3Br)n2)c1. The molecule has 0 aliphatic carbocycles. The molecule has 0 radical (unpaired) electrons. The minimum absolute atomic E-state index is 0.616. The fourth-order valence-corrected chi connectivity index (χ4v) is 3.81. The number of hydrogen-bond acceptors (Lipinski definition) is 3. The van der Waals surface area contributed by atoms with Crippen LogP contribution < -0.4 is 0 Å². The number of aryl methyl sites for hydroxylation is 1. The summed E-state index contributed by atoms with van der Waals surface area (Å²) < 4.78 is 2.79. The number of hydrogen-bond donors (Lipinski definition) is 0. The Morgan fingerprint density at radius 1 is 1.38 bits per heavy atom. The molecule has 0 bridgehead atoms. The quantitative estimate of drug-likeness (QED) is 0.640. The molecule has 0 amide bonds. The third kappa shape index (κ3) is 2.99. The van der Waals surface area contributed by atoms with Crippen molar-refractivity contribution in [3.63, 3.8) is 0 Å². The number of benzene rings is 1. The van der Waals surface area contributed by atoms with Gasteiger partial charge in [-0.05, 0) is 39.9 Å². The minimum Gasteiger partial charge on any atom is -0.298 e. The highest BCUT2D eigenvalue weighted by Crippen LogP contribution is 2.34. The first kappa shape index (κ1) is 14.2. The summed E-state index contributed by atoms with van der Waals surface area (Å²) in [5.41, 5.74) is 3.74. The second kappa shape index (κ2) is 5.95. The van der Waals surface area contributed by atoms with Crippen molar-refractivity contribution in [1.82, 2.24) is 9.78 Å². The fourth-order valence-electron chi connectivity index (χ4n) is 2.24. The van der Waals surface area contributed by atoms with E-state index in [1.807, 2.05) is 22.2 Å². The molecule has 3 aromatic rings. The van der Waals surface area contributed by atoms with Gasteiger partial charge in [-0.3, -0.25) is 9.48 Å². The summed E-state index contributed by atoms with van der Waals surface area (Å²) in [5.74, 6) is 0. The minimum atomic E-state index is 0.616. The van der Waals surface area contributed by atoms with E-state index >= 15 is 0 Å². The summed E-state index contributed by atoms with van der Waals surface area (Å²) in [5, 5.41) is 6.55. The average Bonchev–Trinajstić information content (AvgIpc) is 3.04. The zero-order chi connectivity index (χ0) is 14.8. The molecule has 0 spiro atoms. The van der Waals surface area contributed by atoms with Crippen LogP contribution in [0.15, 0.2) is 46.4 Å². The van der Waals surface area contributed by atoms with Crippen LogP contribution in [0.25, 0.3) is 10.6 Å². The summed E-state index contributed by atoms with van der Waals surface area (Å²) in [6, 6.07) is 10.3. The van der Waals surface area contributed by atoms with Crippen molar-refractivity contribution in [3.05, 3.63) is 63.1 Å². The predicted octanol–water partition coefficient (Wildman–Crippen LogP) is 4.54. The molecule has 2 aromatic heterocycles. The van der Waals surface area contributed by atoms with Gasteiger partial charge < -0.3 is 0 Å². The zero-order valence-electron chi connectivity index (χ0n) is 11.4. The van der Waals surface area contributed by atoms with Crippen molar-refractivity contribution in [2.75, 3.05) is 0 Å². The number of carbonyl (C=O) groups excluding carboxylic acids is 1. The Hall–Kier alpha value is -1.72. The standard InChI is InChI=1S/C16H13BrN2OS/c1-11-3-2-4-12(7-11)8-19-9-13(10-20)15(18-19)16-14(17)5-6-21-16/h2-7,9-10H,8H2,1H3. The molecule has 0 N–H and O–H groups in total. The van der Waals surface area contributed by atoms with Gasteiger partial charge in [-0.15, -0.1) is 11.3 Å². The van der Waals surface area contributed by atoms with Gasteiger partial charge in [0.2, 0.25) is 0 Å². The van der Waals surface area contributed by atoms with Crippen molar-refractivity contribution >= 4 is 33.6 Å². The van der Waals surface area contributed by atoms with E-state index in [1.165, 1.54) is 11.1 Å². The second-order valence-electron chi connectivity index (χ2n) is 4.84. The average molecular weight is 361 g/mol. The van der Waals surface area contributed by atoms with Gasteiger partial charge in [0.25, 0.3) is 0 Å². The van der Waals surface area contributed by atoms with Gasteiger partial charge in [0, 0.05) is 10.7 Å². The Kier molecular flexibility index (Phi) is 4.03. The van der Waals surface area contributed by atoms with Crippen molar-refractivity contribution in [2.24, 2.45) is 0 Å². The number of aldehydes is 1. The van der Waals surface area contributed by atoms with E-state index in [0.717, 1.165) is 21.3 Å². The van der Waals surface area contributed by atoms with E-state index in [2.05, 4.69) is 46.2 Å². The van der Waals surface area contributed by atoms with Crippen LogP contribution in [-0.4, -0.2) is 16.1 Å². The normalized spacial score (nSPS) is 10.8. The van der Waals surface area contributed by atoms with Crippen molar-refractivity contribution in [2.45, 2.75) is 13.5 Å². The highest BCUT2D eigenvalue weighted by atomic mass is 79.9. The molecular weight excluding hydrogens is 348 g/mol. The molecule has 0 unspecified atom stereocenters. The largest absolute Gasteiger partial charge is 0.298 e. The van der Waals surface area contributed by atoms with Gasteiger partial charge in [0.15, 0.2) is 6.29 Å². The molecule has 0 saturated carbocycles. The monoisotopic (exact) mass is 360 g/mol. The van der Waals surface area contributed by atoms with Crippen LogP contribution in [0, 0.1) is 6.92 Å². The van der Waals surface area contributed by atoms with Crippen molar-refractivity contribution in [1.29, 1.82) is 0 Å². The molecule has 3 nitrogen and oxygen atoms in total. The highest BCUT2D eigenvalue weighted by molar-refractivity contribution is 9.10. The van der Waals surface area contributed by atoms with Crippen LogP contribution in [0.3, 0.4) is 0 Å². The number of halogens is 1. The van der Waals surface area contributed by atoms with Crippen molar-refractivity contribution < 1.29 is 4.79 Å². The lowest BCUT2D eigenvalue weighted by molar-refractivity contribution is 0.112. The molecule has 0 aliphatic rings. The second-order valence-corrected chi connectivity index (χ2v) is 6.61. The first-order valence-electron chi connectivity index (χ1n) is 6.49. The van der Waals surface area contributed by atoms with E-state index in [0.29, 0.717) is 12.1 Å². The predicted molar refractivity (Wildman–Crippen MR) is 88.9 cm³/mol. The Labute approximate surface area is 135 Å². The fraction of sp³-hybridized carbons (Fsp3) is 0.125. The maximum absolute atomic E-state index is 11.3. The van der Waals surface area contributed by atoms with Gasteiger partial charge in [0.05, 0.1) is 17.0 Å². The van der Waals surface area contributed by atoms with E-state index < -0.39 is 0 Å². The molecule has 0 aliphatic heterocycles. The summed E-state index contributed by atoms with van der Waals surface area (Å²) in [6.07, 6.45) is 2.66. The molecule has 3 rings (SSSR count). The van der Waals surface area contributed by atoms with E-state index in [1.54, 1.807) is 17.5 Å². The van der Waals surface area contributed by atoms with E-state index in [4.69, 9.17) is 0 Å².